The molecule has 0 spiro atoms. The van der Waals surface area contributed by atoms with Crippen molar-refractivity contribution in [3.63, 3.8) is 0 Å². The van der Waals surface area contributed by atoms with Crippen LogP contribution in [0.15, 0.2) is 64.5 Å². The molecule has 0 aliphatic carbocycles. The Balaban J connectivity index is 1.75. The van der Waals surface area contributed by atoms with Gasteiger partial charge in [-0.3, -0.25) is 19.3 Å². The fourth-order valence-corrected chi connectivity index (χ4v) is 4.35. The summed E-state index contributed by atoms with van der Waals surface area (Å²) in [5, 5.41) is 12.3. The van der Waals surface area contributed by atoms with Crippen LogP contribution in [0.4, 0.5) is 5.69 Å². The van der Waals surface area contributed by atoms with Crippen LogP contribution in [0, 0.1) is 0 Å². The fourth-order valence-electron chi connectivity index (χ4n) is 3.21. The van der Waals surface area contributed by atoms with Crippen molar-refractivity contribution in [3.8, 4) is 0 Å². The van der Waals surface area contributed by atoms with Crippen LogP contribution in [0.3, 0.4) is 0 Å². The Kier molecular flexibility index (Phi) is 6.21. The second kappa shape index (κ2) is 8.66. The Labute approximate surface area is 175 Å². The van der Waals surface area contributed by atoms with Crippen molar-refractivity contribution in [2.75, 3.05) is 11.9 Å². The zero-order valence-electron chi connectivity index (χ0n) is 16.5. The van der Waals surface area contributed by atoms with E-state index in [2.05, 4.69) is 15.0 Å². The van der Waals surface area contributed by atoms with Crippen molar-refractivity contribution in [2.45, 2.75) is 36.5 Å². The number of aliphatic carboxylic acids is 1. The van der Waals surface area contributed by atoms with Crippen LogP contribution >= 0.6 is 0 Å². The van der Waals surface area contributed by atoms with Gasteiger partial charge in [-0.2, -0.15) is 0 Å². The summed E-state index contributed by atoms with van der Waals surface area (Å²) in [6, 6.07) is 14.3. The predicted molar refractivity (Wildman–Crippen MR) is 113 cm³/mol. The number of carbonyl (C=O) groups excluding carboxylic acids is 1. The van der Waals surface area contributed by atoms with Crippen LogP contribution in [0.5, 0.6) is 0 Å². The molecule has 0 saturated carbocycles. The normalized spacial score (nSPS) is 15.7. The smallest absolute Gasteiger partial charge is 0.314 e. The summed E-state index contributed by atoms with van der Waals surface area (Å²) in [5.74, 6) is -1.24. The van der Waals surface area contributed by atoms with Crippen molar-refractivity contribution in [1.29, 1.82) is 0 Å². The van der Waals surface area contributed by atoms with Gasteiger partial charge in [-0.05, 0) is 37.1 Å². The molecule has 30 heavy (non-hydrogen) atoms. The molecule has 0 aromatic heterocycles. The van der Waals surface area contributed by atoms with E-state index in [1.807, 2.05) is 0 Å². The number of anilines is 1. The lowest BCUT2D eigenvalue weighted by Gasteiger charge is -2.24. The number of carbonyl (C=O) groups is 2. The van der Waals surface area contributed by atoms with Gasteiger partial charge in [0.25, 0.3) is 10.0 Å². The molecule has 1 aliphatic rings. The summed E-state index contributed by atoms with van der Waals surface area (Å²) in [4.78, 5) is 28.6. The van der Waals surface area contributed by atoms with Crippen LogP contribution in [-0.2, 0) is 25.0 Å². The third-order valence-corrected chi connectivity index (χ3v) is 6.33. The van der Waals surface area contributed by atoms with Gasteiger partial charge in [0.2, 0.25) is 5.91 Å². The lowest BCUT2D eigenvalue weighted by Crippen LogP contribution is -2.36. The van der Waals surface area contributed by atoms with Crippen molar-refractivity contribution in [1.82, 2.24) is 4.72 Å². The molecule has 2 aromatic rings. The Morgan fingerprint density at radius 3 is 2.50 bits per heavy atom. The third-order valence-electron chi connectivity index (χ3n) is 4.95. The summed E-state index contributed by atoms with van der Waals surface area (Å²) in [7, 11) is -3.82. The largest absolute Gasteiger partial charge is 0.481 e. The number of aliphatic imine (C=N–C) groups is 1. The average Bonchev–Trinajstić information content (AvgIpc) is 3.21. The highest BCUT2D eigenvalue weighted by Crippen LogP contribution is 2.29. The molecule has 0 radical (unpaired) electrons. The minimum Gasteiger partial charge on any atom is -0.481 e. The van der Waals surface area contributed by atoms with Crippen LogP contribution < -0.4 is 10.0 Å². The summed E-state index contributed by atoms with van der Waals surface area (Å²) >= 11 is 0. The van der Waals surface area contributed by atoms with E-state index >= 15 is 0 Å². The molecule has 9 heteroatoms. The van der Waals surface area contributed by atoms with Gasteiger partial charge in [-0.1, -0.05) is 36.4 Å². The van der Waals surface area contributed by atoms with E-state index in [1.54, 1.807) is 36.4 Å². The van der Waals surface area contributed by atoms with Gasteiger partial charge in [0.15, 0.2) is 0 Å². The quantitative estimate of drug-likeness (QED) is 0.624. The van der Waals surface area contributed by atoms with E-state index in [-0.39, 0.29) is 17.0 Å². The number of carboxylic acids is 1. The molecule has 1 heterocycles. The third kappa shape index (κ3) is 4.85. The van der Waals surface area contributed by atoms with Crippen molar-refractivity contribution in [3.05, 3.63) is 60.2 Å². The Bertz CT molecular complexity index is 1080. The molecule has 1 aliphatic heterocycles. The Hall–Kier alpha value is -3.20. The highest BCUT2D eigenvalue weighted by atomic mass is 32.2. The summed E-state index contributed by atoms with van der Waals surface area (Å²) in [5.41, 5.74) is -0.653. The zero-order chi connectivity index (χ0) is 21.8. The molecule has 3 N–H and O–H groups in total. The van der Waals surface area contributed by atoms with Gasteiger partial charge in [-0.25, -0.2) is 8.42 Å². The molecular formula is C21H23N3O5S. The Morgan fingerprint density at radius 2 is 1.87 bits per heavy atom. The van der Waals surface area contributed by atoms with Gasteiger partial charge in [-0.15, -0.1) is 0 Å². The molecular weight excluding hydrogens is 406 g/mol. The number of benzene rings is 2. The van der Waals surface area contributed by atoms with E-state index in [0.717, 1.165) is 6.42 Å². The molecule has 8 nitrogen and oxygen atoms in total. The van der Waals surface area contributed by atoms with E-state index in [0.29, 0.717) is 24.4 Å². The predicted octanol–water partition coefficient (Wildman–Crippen LogP) is 2.53. The standard InChI is InChI=1S/C21H23N3O5S/c1-21(20(26)27,15-7-3-2-4-8-15)14-19(25)23-16-9-5-10-17(13-16)30(28,29)24-18-11-6-12-22-18/h2-5,7-10,13H,6,11-12,14H2,1H3,(H,22,24)(H,23,25)(H,26,27)/t21-/m1/s1. The van der Waals surface area contributed by atoms with Gasteiger partial charge in [0.05, 0.1) is 10.3 Å². The molecule has 1 amide bonds. The number of nitrogens with zero attached hydrogens (tertiary/aromatic N) is 1. The van der Waals surface area contributed by atoms with Crippen LogP contribution in [0.25, 0.3) is 0 Å². The van der Waals surface area contributed by atoms with Gasteiger partial charge < -0.3 is 10.4 Å². The maximum Gasteiger partial charge on any atom is 0.314 e. The van der Waals surface area contributed by atoms with Gasteiger partial charge >= 0.3 is 5.97 Å². The maximum absolute atomic E-state index is 12.6. The molecule has 158 valence electrons. The number of carboxylic acid groups (broad SMARTS) is 1. The molecule has 1 atom stereocenters. The fraction of sp³-hybridized carbons (Fsp3) is 0.286. The molecule has 3 rings (SSSR count). The van der Waals surface area contributed by atoms with Crippen molar-refractivity contribution in [2.24, 2.45) is 4.99 Å². The summed E-state index contributed by atoms with van der Waals surface area (Å²) in [6.07, 6.45) is 1.07. The first-order valence-corrected chi connectivity index (χ1v) is 10.9. The minimum atomic E-state index is -3.82. The zero-order valence-corrected chi connectivity index (χ0v) is 17.3. The average molecular weight is 429 g/mol. The SMILES string of the molecule is C[C@](CC(=O)Nc1cccc(S(=O)(=O)NC2=NCCC2)c1)(C(=O)O)c1ccccc1. The highest BCUT2D eigenvalue weighted by molar-refractivity contribution is 7.90. The second-order valence-corrected chi connectivity index (χ2v) is 8.98. The van der Waals surface area contributed by atoms with E-state index in [1.165, 1.54) is 25.1 Å². The van der Waals surface area contributed by atoms with Crippen molar-refractivity contribution < 1.29 is 23.1 Å². The minimum absolute atomic E-state index is 0.0149. The summed E-state index contributed by atoms with van der Waals surface area (Å²) in [6.45, 7) is 2.08. The molecule has 2 aromatic carbocycles. The Morgan fingerprint density at radius 1 is 1.13 bits per heavy atom. The molecule has 0 fully saturated rings. The van der Waals surface area contributed by atoms with Crippen LogP contribution in [0.2, 0.25) is 0 Å². The highest BCUT2D eigenvalue weighted by Gasteiger charge is 2.37. The van der Waals surface area contributed by atoms with Gasteiger partial charge in [0, 0.05) is 25.1 Å². The van der Waals surface area contributed by atoms with E-state index in [9.17, 15) is 23.1 Å². The number of rotatable bonds is 7. The van der Waals surface area contributed by atoms with Crippen LogP contribution in [-0.4, -0.2) is 37.8 Å². The van der Waals surface area contributed by atoms with Crippen LogP contribution in [0.1, 0.15) is 31.7 Å². The van der Waals surface area contributed by atoms with E-state index in [4.69, 9.17) is 0 Å². The topological polar surface area (TPSA) is 125 Å². The summed E-state index contributed by atoms with van der Waals surface area (Å²) < 4.78 is 27.6. The second-order valence-electron chi connectivity index (χ2n) is 7.29. The number of sulfonamides is 1. The first-order valence-electron chi connectivity index (χ1n) is 9.46. The number of hydrogen-bond donors (Lipinski definition) is 3. The maximum atomic E-state index is 12.6. The molecule has 0 unspecified atom stereocenters. The number of hydrogen-bond acceptors (Lipinski definition) is 5. The lowest BCUT2D eigenvalue weighted by molar-refractivity contribution is -0.145. The monoisotopic (exact) mass is 429 g/mol. The molecule has 0 bridgehead atoms. The first kappa shape index (κ1) is 21.5. The van der Waals surface area contributed by atoms with E-state index < -0.39 is 27.3 Å². The first-order chi connectivity index (χ1) is 14.2. The van der Waals surface area contributed by atoms with Crippen molar-refractivity contribution >= 4 is 33.4 Å². The number of amides is 1. The molecule has 0 saturated heterocycles. The lowest BCUT2D eigenvalue weighted by atomic mass is 9.79. The van der Waals surface area contributed by atoms with Gasteiger partial charge in [0.1, 0.15) is 5.84 Å². The number of amidine groups is 1. The number of nitrogens with one attached hydrogen (secondary N) is 2.